The fourth-order valence-corrected chi connectivity index (χ4v) is 3.39. The molecular formula is C22H29FN4O4S. The normalized spacial score (nSPS) is 13.7. The lowest BCUT2D eigenvalue weighted by molar-refractivity contribution is -0.150. The second-order valence-corrected chi connectivity index (χ2v) is 8.79. The molecule has 2 aromatic rings. The summed E-state index contributed by atoms with van der Waals surface area (Å²) in [6.45, 7) is 7.42. The van der Waals surface area contributed by atoms with Crippen LogP contribution in [0, 0.1) is 17.7 Å². The first-order valence-corrected chi connectivity index (χ1v) is 11.2. The molecule has 0 bridgehead atoms. The Hall–Kier alpha value is -2.85. The first-order valence-electron chi connectivity index (χ1n) is 10.4. The zero-order valence-electron chi connectivity index (χ0n) is 18.6. The number of nitrogens with two attached hydrogens (primary N) is 1. The zero-order chi connectivity index (χ0) is 23.8. The van der Waals surface area contributed by atoms with Crippen LogP contribution in [0.1, 0.15) is 50.9 Å². The van der Waals surface area contributed by atoms with Crippen LogP contribution in [0.5, 0.6) is 0 Å². The maximum Gasteiger partial charge on any atom is 0.324 e. The highest BCUT2D eigenvalue weighted by atomic mass is 32.1. The molecule has 1 aromatic heterocycles. The second kappa shape index (κ2) is 11.7. The van der Waals surface area contributed by atoms with Crippen molar-refractivity contribution in [3.63, 3.8) is 0 Å². The van der Waals surface area contributed by atoms with Crippen LogP contribution in [0.4, 0.5) is 10.1 Å². The predicted octanol–water partition coefficient (Wildman–Crippen LogP) is 3.29. The van der Waals surface area contributed by atoms with Gasteiger partial charge in [0.15, 0.2) is 11.5 Å². The molecule has 1 aromatic carbocycles. The summed E-state index contributed by atoms with van der Waals surface area (Å²) in [6, 6.07) is 3.02. The predicted molar refractivity (Wildman–Crippen MR) is 120 cm³/mol. The summed E-state index contributed by atoms with van der Waals surface area (Å²) in [6.07, 6.45) is 2.63. The van der Waals surface area contributed by atoms with Crippen LogP contribution >= 0.6 is 11.3 Å². The summed E-state index contributed by atoms with van der Waals surface area (Å²) in [7, 11) is 0. The molecule has 0 radical (unpaired) electrons. The maximum atomic E-state index is 14.4. The van der Waals surface area contributed by atoms with E-state index in [0.717, 1.165) is 12.5 Å². The largest absolute Gasteiger partial charge is 0.443 e. The van der Waals surface area contributed by atoms with E-state index in [1.165, 1.54) is 28.0 Å². The van der Waals surface area contributed by atoms with Gasteiger partial charge in [0.25, 0.3) is 5.91 Å². The number of ether oxygens (including phenoxy) is 1. The summed E-state index contributed by atoms with van der Waals surface area (Å²) in [5.41, 5.74) is 5.90. The van der Waals surface area contributed by atoms with Crippen molar-refractivity contribution in [3.05, 3.63) is 46.0 Å². The van der Waals surface area contributed by atoms with Crippen molar-refractivity contribution in [2.45, 2.75) is 53.3 Å². The van der Waals surface area contributed by atoms with Gasteiger partial charge in [-0.1, -0.05) is 34.1 Å². The van der Waals surface area contributed by atoms with Crippen molar-refractivity contribution >= 4 is 34.8 Å². The van der Waals surface area contributed by atoms with E-state index in [9.17, 15) is 18.8 Å². The van der Waals surface area contributed by atoms with Crippen molar-refractivity contribution in [3.8, 4) is 0 Å². The first kappa shape index (κ1) is 25.4. The summed E-state index contributed by atoms with van der Waals surface area (Å²) < 4.78 is 21.1. The van der Waals surface area contributed by atoms with Crippen LogP contribution in [0.15, 0.2) is 34.8 Å². The summed E-state index contributed by atoms with van der Waals surface area (Å²) in [5, 5.41) is 4.18. The second-order valence-electron chi connectivity index (χ2n) is 7.92. The first-order chi connectivity index (χ1) is 15.1. The monoisotopic (exact) mass is 464 g/mol. The Morgan fingerprint density at radius 1 is 1.28 bits per heavy atom. The molecule has 0 saturated heterocycles. The van der Waals surface area contributed by atoms with Crippen LogP contribution in [0.2, 0.25) is 0 Å². The summed E-state index contributed by atoms with van der Waals surface area (Å²) in [5.74, 6) is -2.11. The molecule has 2 atom stereocenters. The van der Waals surface area contributed by atoms with Crippen molar-refractivity contribution in [2.24, 2.45) is 22.6 Å². The molecule has 0 saturated carbocycles. The fourth-order valence-electron chi connectivity index (χ4n) is 2.67. The lowest BCUT2D eigenvalue weighted by atomic mass is 10.0. The molecule has 8 nitrogen and oxygen atoms in total. The van der Waals surface area contributed by atoms with E-state index in [2.05, 4.69) is 10.3 Å². The molecule has 32 heavy (non-hydrogen) atoms. The number of hydrogen-bond donors (Lipinski definition) is 2. The Morgan fingerprint density at radius 2 is 2.00 bits per heavy atom. The average Bonchev–Trinajstić information content (AvgIpc) is 3.18. The van der Waals surface area contributed by atoms with Crippen LogP contribution in [-0.4, -0.2) is 28.4 Å². The molecule has 10 heteroatoms. The van der Waals surface area contributed by atoms with E-state index in [1.807, 2.05) is 27.7 Å². The number of nitrogens with zero attached hydrogens (tertiary/aromatic N) is 2. The number of carbonyl (C=O) groups excluding carboxylic acids is 3. The Morgan fingerprint density at radius 3 is 2.62 bits per heavy atom. The van der Waals surface area contributed by atoms with Gasteiger partial charge in [-0.2, -0.15) is 4.99 Å². The highest BCUT2D eigenvalue weighted by Gasteiger charge is 2.21. The summed E-state index contributed by atoms with van der Waals surface area (Å²) in [4.78, 5) is 40.7. The Labute approximate surface area is 190 Å². The van der Waals surface area contributed by atoms with Gasteiger partial charge in [-0.25, -0.2) is 4.39 Å². The maximum absolute atomic E-state index is 14.4. The number of carbonyl (C=O) groups is 3. The topological polar surface area (TPSA) is 116 Å². The molecule has 0 spiro atoms. The third-order valence-electron chi connectivity index (χ3n) is 4.82. The molecule has 1 heterocycles. The van der Waals surface area contributed by atoms with Crippen LogP contribution in [-0.2, 0) is 21.1 Å². The lowest BCUT2D eigenvalue weighted by Gasteiger charge is -2.16. The highest BCUT2D eigenvalue weighted by Crippen LogP contribution is 2.17. The fraction of sp³-hybridized carbons (Fsp3) is 0.455. The van der Waals surface area contributed by atoms with Crippen molar-refractivity contribution < 1.29 is 23.5 Å². The number of hydrogen-bond acceptors (Lipinski definition) is 6. The molecule has 0 fully saturated rings. The van der Waals surface area contributed by atoms with E-state index in [-0.39, 0.29) is 46.9 Å². The molecular weight excluding hydrogens is 435 g/mol. The van der Waals surface area contributed by atoms with Crippen molar-refractivity contribution in [2.75, 3.05) is 5.32 Å². The Balaban J connectivity index is 2.10. The third kappa shape index (κ3) is 7.10. The van der Waals surface area contributed by atoms with Crippen molar-refractivity contribution in [1.29, 1.82) is 0 Å². The summed E-state index contributed by atoms with van der Waals surface area (Å²) >= 11 is 1.17. The number of amides is 2. The standard InChI is InChI=1S/C22H29FN4O4S/c1-5-14(4)19(24)21(30)31-12-27-8-9-32-22(27)26-20(29)15-6-7-17(16(23)11-15)25-18(28)10-13(2)3/h6-9,11,13-14,19H,5,10,12,24H2,1-4H3,(H,25,28). The van der Waals surface area contributed by atoms with Gasteiger partial charge in [0.1, 0.15) is 11.9 Å². The average molecular weight is 465 g/mol. The minimum atomic E-state index is -0.733. The zero-order valence-corrected chi connectivity index (χ0v) is 19.4. The number of aromatic nitrogens is 1. The van der Waals surface area contributed by atoms with Gasteiger partial charge in [0.2, 0.25) is 5.91 Å². The van der Waals surface area contributed by atoms with Gasteiger partial charge >= 0.3 is 5.97 Å². The minimum absolute atomic E-state index is 0.00273. The molecule has 0 aliphatic heterocycles. The number of nitrogens with one attached hydrogen (secondary N) is 1. The van der Waals surface area contributed by atoms with E-state index in [1.54, 1.807) is 11.6 Å². The number of halogens is 1. The van der Waals surface area contributed by atoms with Gasteiger partial charge in [-0.3, -0.25) is 19.0 Å². The van der Waals surface area contributed by atoms with Crippen molar-refractivity contribution in [1.82, 2.24) is 4.57 Å². The van der Waals surface area contributed by atoms with Gasteiger partial charge in [0.05, 0.1) is 5.69 Å². The number of anilines is 1. The number of benzene rings is 1. The van der Waals surface area contributed by atoms with Gasteiger partial charge in [-0.15, -0.1) is 11.3 Å². The molecule has 2 unspecified atom stereocenters. The van der Waals surface area contributed by atoms with Crippen LogP contribution in [0.25, 0.3) is 0 Å². The van der Waals surface area contributed by atoms with E-state index in [4.69, 9.17) is 10.5 Å². The highest BCUT2D eigenvalue weighted by molar-refractivity contribution is 7.07. The van der Waals surface area contributed by atoms with Gasteiger partial charge < -0.3 is 15.8 Å². The molecule has 174 valence electrons. The third-order valence-corrected chi connectivity index (χ3v) is 5.61. The van der Waals surface area contributed by atoms with E-state index >= 15 is 0 Å². The van der Waals surface area contributed by atoms with Gasteiger partial charge in [0, 0.05) is 23.6 Å². The SMILES string of the molecule is CCC(C)C(N)C(=O)OCn1ccsc1=NC(=O)c1ccc(NC(=O)CC(C)C)c(F)c1. The van der Waals surface area contributed by atoms with Gasteiger partial charge in [-0.05, 0) is 30.0 Å². The van der Waals surface area contributed by atoms with Crippen LogP contribution < -0.4 is 15.9 Å². The molecule has 3 N–H and O–H groups in total. The minimum Gasteiger partial charge on any atom is -0.443 e. The molecule has 0 aliphatic carbocycles. The molecule has 2 amide bonds. The Bertz CT molecular complexity index is 1030. The van der Waals surface area contributed by atoms with Crippen LogP contribution in [0.3, 0.4) is 0 Å². The quantitative estimate of drug-likeness (QED) is 0.553. The Kier molecular flexibility index (Phi) is 9.27. The number of esters is 1. The number of rotatable bonds is 9. The molecule has 0 aliphatic rings. The lowest BCUT2D eigenvalue weighted by Crippen LogP contribution is -2.38. The number of thiazole rings is 1. The molecule has 2 rings (SSSR count). The smallest absolute Gasteiger partial charge is 0.324 e. The van der Waals surface area contributed by atoms with E-state index < -0.39 is 23.7 Å². The van der Waals surface area contributed by atoms with E-state index in [0.29, 0.717) is 0 Å².